The summed E-state index contributed by atoms with van der Waals surface area (Å²) >= 11 is 3.09. The molecule has 1 aromatic carbocycles. The predicted octanol–water partition coefficient (Wildman–Crippen LogP) is 1.83. The number of hydrogen-bond acceptors (Lipinski definition) is 3. The molecular formula is C13H16BrFN2O3S. The van der Waals surface area contributed by atoms with Crippen LogP contribution in [0.15, 0.2) is 27.6 Å². The van der Waals surface area contributed by atoms with Crippen molar-refractivity contribution in [1.82, 2.24) is 9.21 Å². The first-order chi connectivity index (χ1) is 9.58. The summed E-state index contributed by atoms with van der Waals surface area (Å²) in [5.74, 6) is -1.15. The van der Waals surface area contributed by atoms with Crippen LogP contribution in [0.4, 0.5) is 4.39 Å². The van der Waals surface area contributed by atoms with E-state index in [1.807, 2.05) is 0 Å². The van der Waals surface area contributed by atoms with Gasteiger partial charge >= 0.3 is 0 Å². The summed E-state index contributed by atoms with van der Waals surface area (Å²) in [6, 6.07) is 3.76. The van der Waals surface area contributed by atoms with Gasteiger partial charge < -0.3 is 4.90 Å². The molecule has 0 unspecified atom stereocenters. The fraction of sp³-hybridized carbons (Fsp3) is 0.462. The fourth-order valence-corrected chi connectivity index (χ4v) is 4.54. The van der Waals surface area contributed by atoms with Crippen LogP contribution in [0.3, 0.4) is 0 Å². The van der Waals surface area contributed by atoms with Gasteiger partial charge in [-0.25, -0.2) is 12.8 Å². The summed E-state index contributed by atoms with van der Waals surface area (Å²) in [6.45, 7) is 3.46. The topological polar surface area (TPSA) is 57.7 Å². The highest BCUT2D eigenvalue weighted by atomic mass is 79.9. The molecule has 0 bridgehead atoms. The predicted molar refractivity (Wildman–Crippen MR) is 79.7 cm³/mol. The van der Waals surface area contributed by atoms with Crippen LogP contribution in [0.25, 0.3) is 0 Å². The zero-order chi connectivity index (χ0) is 16.0. The molecule has 5 nitrogen and oxygen atoms in total. The van der Waals surface area contributed by atoms with E-state index in [9.17, 15) is 17.6 Å². The Hall–Kier alpha value is -0.990. The first kappa shape index (κ1) is 16.4. The third kappa shape index (κ3) is 2.72. The van der Waals surface area contributed by atoms with Crippen molar-refractivity contribution >= 4 is 31.9 Å². The number of carbonyl (C=O) groups is 1. The van der Waals surface area contributed by atoms with E-state index in [4.69, 9.17) is 0 Å². The van der Waals surface area contributed by atoms with E-state index in [0.717, 1.165) is 10.4 Å². The van der Waals surface area contributed by atoms with Crippen molar-refractivity contribution < 1.29 is 17.6 Å². The van der Waals surface area contributed by atoms with E-state index in [2.05, 4.69) is 15.9 Å². The average Bonchev–Trinajstić information content (AvgIpc) is 2.35. The van der Waals surface area contributed by atoms with Crippen LogP contribution in [-0.4, -0.2) is 49.2 Å². The van der Waals surface area contributed by atoms with Crippen molar-refractivity contribution in [3.8, 4) is 0 Å². The first-order valence-electron chi connectivity index (χ1n) is 6.32. The maximum absolute atomic E-state index is 14.0. The van der Waals surface area contributed by atoms with Crippen LogP contribution >= 0.6 is 15.9 Å². The van der Waals surface area contributed by atoms with Gasteiger partial charge in [0.2, 0.25) is 15.9 Å². The molecule has 0 N–H and O–H groups in total. The Balaban J connectivity index is 2.51. The van der Waals surface area contributed by atoms with Gasteiger partial charge in [0, 0.05) is 24.6 Å². The van der Waals surface area contributed by atoms with Crippen molar-refractivity contribution in [2.24, 2.45) is 0 Å². The van der Waals surface area contributed by atoms with Gasteiger partial charge in [-0.05, 0) is 32.0 Å². The molecule has 116 valence electrons. The van der Waals surface area contributed by atoms with Crippen LogP contribution in [0, 0.1) is 5.82 Å². The first-order valence-corrected chi connectivity index (χ1v) is 8.55. The molecule has 0 aromatic heterocycles. The third-order valence-corrected chi connectivity index (χ3v) is 6.19. The molecule has 0 radical (unpaired) electrons. The largest absolute Gasteiger partial charge is 0.343 e. The number of piperazine rings is 1. The lowest BCUT2D eigenvalue weighted by molar-refractivity contribution is -0.142. The minimum Gasteiger partial charge on any atom is -0.343 e. The molecule has 0 spiro atoms. The van der Waals surface area contributed by atoms with Gasteiger partial charge in [0.1, 0.15) is 16.3 Å². The van der Waals surface area contributed by atoms with Crippen molar-refractivity contribution in [3.63, 3.8) is 0 Å². The average molecular weight is 379 g/mol. The molecule has 1 saturated heterocycles. The highest BCUT2D eigenvalue weighted by molar-refractivity contribution is 9.10. The second kappa shape index (κ2) is 5.33. The summed E-state index contributed by atoms with van der Waals surface area (Å²) in [6.07, 6.45) is 0. The maximum atomic E-state index is 14.0. The van der Waals surface area contributed by atoms with Gasteiger partial charge in [-0.1, -0.05) is 15.9 Å². The SMILES string of the molecule is CN1CCN(S(=O)(=O)c2ccc(Br)cc2F)C(C)(C)C1=O. The van der Waals surface area contributed by atoms with Crippen LogP contribution in [0.2, 0.25) is 0 Å². The molecule has 1 amide bonds. The summed E-state index contributed by atoms with van der Waals surface area (Å²) in [7, 11) is -2.46. The molecule has 0 saturated carbocycles. The van der Waals surface area contributed by atoms with Gasteiger partial charge in [0.25, 0.3) is 0 Å². The van der Waals surface area contributed by atoms with Crippen molar-refractivity contribution in [1.29, 1.82) is 0 Å². The van der Waals surface area contributed by atoms with E-state index in [1.54, 1.807) is 7.05 Å². The summed E-state index contributed by atoms with van der Waals surface area (Å²) < 4.78 is 40.9. The molecule has 1 aliphatic rings. The molecule has 21 heavy (non-hydrogen) atoms. The Morgan fingerprint density at radius 1 is 1.29 bits per heavy atom. The Kier molecular flexibility index (Phi) is 4.16. The molecule has 2 rings (SSSR count). The van der Waals surface area contributed by atoms with Gasteiger partial charge in [-0.2, -0.15) is 4.31 Å². The van der Waals surface area contributed by atoms with Gasteiger partial charge in [0.05, 0.1) is 0 Å². The standard InChI is InChI=1S/C13H16BrFN2O3S/c1-13(2)12(18)16(3)6-7-17(13)21(19,20)11-5-4-9(14)8-10(11)15/h4-5,8H,6-7H2,1-3H3. The number of hydrogen-bond donors (Lipinski definition) is 0. The Morgan fingerprint density at radius 3 is 2.48 bits per heavy atom. The molecule has 1 heterocycles. The quantitative estimate of drug-likeness (QED) is 0.788. The number of benzene rings is 1. The molecular weight excluding hydrogens is 363 g/mol. The lowest BCUT2D eigenvalue weighted by Gasteiger charge is -2.43. The Bertz CT molecular complexity index is 691. The molecule has 8 heteroatoms. The maximum Gasteiger partial charge on any atom is 0.247 e. The van der Waals surface area contributed by atoms with Crippen molar-refractivity contribution in [2.45, 2.75) is 24.3 Å². The lowest BCUT2D eigenvalue weighted by Crippen LogP contribution is -2.63. The van der Waals surface area contributed by atoms with Gasteiger partial charge in [0.15, 0.2) is 0 Å². The van der Waals surface area contributed by atoms with E-state index >= 15 is 0 Å². The number of sulfonamides is 1. The number of rotatable bonds is 2. The van der Waals surface area contributed by atoms with E-state index < -0.39 is 26.3 Å². The second-order valence-electron chi connectivity index (χ2n) is 5.44. The van der Waals surface area contributed by atoms with Crippen LogP contribution in [-0.2, 0) is 14.8 Å². The zero-order valence-electron chi connectivity index (χ0n) is 11.9. The highest BCUT2D eigenvalue weighted by Crippen LogP contribution is 2.30. The van der Waals surface area contributed by atoms with Crippen LogP contribution in [0.1, 0.15) is 13.8 Å². The molecule has 1 fully saturated rings. The third-order valence-electron chi connectivity index (χ3n) is 3.59. The summed E-state index contributed by atoms with van der Waals surface area (Å²) in [4.78, 5) is 13.2. The molecule has 0 atom stereocenters. The second-order valence-corrected chi connectivity index (χ2v) is 8.18. The van der Waals surface area contributed by atoms with E-state index in [0.29, 0.717) is 4.47 Å². The minimum atomic E-state index is -4.08. The Morgan fingerprint density at radius 2 is 1.90 bits per heavy atom. The van der Waals surface area contributed by atoms with Crippen LogP contribution in [0.5, 0.6) is 0 Å². The summed E-state index contributed by atoms with van der Waals surface area (Å²) in [5.41, 5.74) is -1.24. The molecule has 1 aromatic rings. The monoisotopic (exact) mass is 378 g/mol. The normalized spacial score (nSPS) is 19.9. The zero-order valence-corrected chi connectivity index (χ0v) is 14.3. The number of nitrogens with zero attached hydrogens (tertiary/aromatic N) is 2. The molecule has 0 aliphatic carbocycles. The molecule has 1 aliphatic heterocycles. The van der Waals surface area contributed by atoms with E-state index in [-0.39, 0.29) is 19.0 Å². The number of amides is 1. The number of carbonyl (C=O) groups excluding carboxylic acids is 1. The smallest absolute Gasteiger partial charge is 0.247 e. The van der Waals surface area contributed by atoms with Crippen molar-refractivity contribution in [2.75, 3.05) is 20.1 Å². The van der Waals surface area contributed by atoms with Crippen molar-refractivity contribution in [3.05, 3.63) is 28.5 Å². The number of halogens is 2. The van der Waals surface area contributed by atoms with Crippen LogP contribution < -0.4 is 0 Å². The summed E-state index contributed by atoms with van der Waals surface area (Å²) in [5, 5.41) is 0. The van der Waals surface area contributed by atoms with Gasteiger partial charge in [-0.15, -0.1) is 0 Å². The number of likely N-dealkylation sites (N-methyl/N-ethyl adjacent to an activating group) is 1. The highest BCUT2D eigenvalue weighted by Gasteiger charge is 2.47. The fourth-order valence-electron chi connectivity index (χ4n) is 2.42. The Labute approximate surface area is 131 Å². The minimum absolute atomic E-state index is 0.132. The van der Waals surface area contributed by atoms with Gasteiger partial charge in [-0.3, -0.25) is 4.79 Å². The lowest BCUT2D eigenvalue weighted by atomic mass is 10.0. The van der Waals surface area contributed by atoms with E-state index in [1.165, 1.54) is 30.9 Å².